The summed E-state index contributed by atoms with van der Waals surface area (Å²) < 4.78 is 14.0. The molecule has 0 spiro atoms. The van der Waals surface area contributed by atoms with Gasteiger partial charge in [0.25, 0.3) is 0 Å². The van der Waals surface area contributed by atoms with Crippen LogP contribution in [-0.2, 0) is 6.54 Å². The Kier molecular flexibility index (Phi) is 4.91. The number of rotatable bonds is 5. The van der Waals surface area contributed by atoms with E-state index >= 15 is 0 Å². The van der Waals surface area contributed by atoms with E-state index in [-0.39, 0.29) is 11.7 Å². The molecule has 1 aliphatic heterocycles. The van der Waals surface area contributed by atoms with Crippen molar-refractivity contribution in [2.24, 2.45) is 0 Å². The van der Waals surface area contributed by atoms with E-state index in [2.05, 4.69) is 24.8 Å². The minimum absolute atomic E-state index is 0.0266. The summed E-state index contributed by atoms with van der Waals surface area (Å²) in [6.07, 6.45) is 7.62. The molecule has 0 radical (unpaired) electrons. The number of likely N-dealkylation sites (tertiary alicyclic amines) is 1. The second-order valence-electron chi connectivity index (χ2n) is 5.88. The van der Waals surface area contributed by atoms with Crippen LogP contribution in [0.1, 0.15) is 17.7 Å². The minimum Gasteiger partial charge on any atom is -0.356 e. The summed E-state index contributed by atoms with van der Waals surface area (Å²) in [5.74, 6) is 0.519. The van der Waals surface area contributed by atoms with E-state index in [1.165, 1.54) is 12.5 Å². The van der Waals surface area contributed by atoms with Gasteiger partial charge in [-0.15, -0.1) is 0 Å². The highest BCUT2D eigenvalue weighted by Crippen LogP contribution is 2.24. The van der Waals surface area contributed by atoms with Gasteiger partial charge in [-0.3, -0.25) is 4.90 Å². The zero-order valence-electron chi connectivity index (χ0n) is 13.4. The van der Waals surface area contributed by atoms with Crippen LogP contribution >= 0.6 is 0 Å². The molecule has 1 saturated heterocycles. The summed E-state index contributed by atoms with van der Waals surface area (Å²) >= 11 is 0. The molecule has 0 N–H and O–H groups in total. The smallest absolute Gasteiger partial charge is 0.183 e. The normalized spacial score (nSPS) is 20.7. The van der Waals surface area contributed by atoms with Crippen LogP contribution in [0.4, 0.5) is 10.2 Å². The Morgan fingerprint density at radius 1 is 1.33 bits per heavy atom. The maximum atomic E-state index is 14.0. The van der Waals surface area contributed by atoms with E-state index in [9.17, 15) is 4.39 Å². The first-order valence-corrected chi connectivity index (χ1v) is 7.71. The number of anilines is 1. The van der Waals surface area contributed by atoms with Crippen LogP contribution in [0.2, 0.25) is 0 Å². The average Bonchev–Trinajstić information content (AvgIpc) is 2.94. The summed E-state index contributed by atoms with van der Waals surface area (Å²) in [5.41, 5.74) is 1.23. The highest BCUT2D eigenvalue weighted by atomic mass is 19.1. The monoisotopic (exact) mass is 327 g/mol. The third kappa shape index (κ3) is 3.63. The van der Waals surface area contributed by atoms with Gasteiger partial charge < -0.3 is 4.90 Å². The highest BCUT2D eigenvalue weighted by Gasteiger charge is 2.33. The Morgan fingerprint density at radius 2 is 2.08 bits per heavy atom. The number of hydrogen-bond donors (Lipinski definition) is 0. The Balaban J connectivity index is 1.71. The molecule has 0 saturated carbocycles. The lowest BCUT2D eigenvalue weighted by Gasteiger charge is -2.28. The van der Waals surface area contributed by atoms with E-state index in [0.717, 1.165) is 5.56 Å². The molecule has 2 aromatic heterocycles. The Bertz CT molecular complexity index is 718. The molecule has 0 unspecified atom stereocenters. The van der Waals surface area contributed by atoms with Crippen molar-refractivity contribution in [3.8, 4) is 6.07 Å². The van der Waals surface area contributed by atoms with E-state index < -0.39 is 6.17 Å². The molecule has 0 amide bonds. The minimum atomic E-state index is -0.856. The van der Waals surface area contributed by atoms with E-state index in [1.807, 2.05) is 18.0 Å². The topological polar surface area (TPSA) is 81.8 Å². The van der Waals surface area contributed by atoms with Crippen LogP contribution in [0.15, 0.2) is 31.1 Å². The number of nitriles is 1. The summed E-state index contributed by atoms with van der Waals surface area (Å²) in [4.78, 5) is 20.2. The maximum absolute atomic E-state index is 14.0. The van der Waals surface area contributed by atoms with Gasteiger partial charge in [0.1, 0.15) is 18.6 Å². The lowest BCUT2D eigenvalue weighted by Crippen LogP contribution is -2.39. The van der Waals surface area contributed by atoms with Crippen LogP contribution in [0.3, 0.4) is 0 Å². The standard InChI is InChI=1S/C16H18FN7/c1-23(16-15(5-18)21-2-3-22-16)10-14-4-13(17)9-24(14)8-12-6-19-11-20-7-12/h2-3,6-7,11,13-14H,4,8-10H2,1H3/t13-,14-/m0/s1. The van der Waals surface area contributed by atoms with Gasteiger partial charge in [0.05, 0.1) is 0 Å². The first kappa shape index (κ1) is 16.2. The van der Waals surface area contributed by atoms with Crippen molar-refractivity contribution in [1.29, 1.82) is 5.26 Å². The largest absolute Gasteiger partial charge is 0.356 e. The zero-order valence-corrected chi connectivity index (χ0v) is 13.4. The van der Waals surface area contributed by atoms with E-state index in [1.54, 1.807) is 18.6 Å². The van der Waals surface area contributed by atoms with Crippen LogP contribution < -0.4 is 4.90 Å². The maximum Gasteiger partial charge on any atom is 0.183 e. The molecule has 2 atom stereocenters. The molecule has 0 aliphatic carbocycles. The van der Waals surface area contributed by atoms with Gasteiger partial charge in [-0.05, 0) is 6.42 Å². The number of likely N-dealkylation sites (N-methyl/N-ethyl adjacent to an activating group) is 1. The summed E-state index contributed by atoms with van der Waals surface area (Å²) in [6.45, 7) is 1.56. The lowest BCUT2D eigenvalue weighted by molar-refractivity contribution is 0.236. The van der Waals surface area contributed by atoms with Gasteiger partial charge in [-0.2, -0.15) is 5.26 Å². The zero-order chi connectivity index (χ0) is 16.9. The lowest BCUT2D eigenvalue weighted by atomic mass is 10.2. The Labute approximate surface area is 139 Å². The molecule has 7 nitrogen and oxygen atoms in total. The van der Waals surface area contributed by atoms with Crippen LogP contribution in [-0.4, -0.2) is 57.2 Å². The van der Waals surface area contributed by atoms with Gasteiger partial charge >= 0.3 is 0 Å². The van der Waals surface area contributed by atoms with Crippen molar-refractivity contribution >= 4 is 5.82 Å². The fraction of sp³-hybridized carbons (Fsp3) is 0.438. The molecular formula is C16H18FN7. The summed E-state index contributed by atoms with van der Waals surface area (Å²) in [7, 11) is 1.85. The molecule has 1 fully saturated rings. The predicted octanol–water partition coefficient (Wildman–Crippen LogP) is 1.19. The van der Waals surface area contributed by atoms with Gasteiger partial charge in [-0.25, -0.2) is 24.3 Å². The molecule has 0 aromatic carbocycles. The third-order valence-electron chi connectivity index (χ3n) is 4.11. The van der Waals surface area contributed by atoms with Gasteiger partial charge in [0.15, 0.2) is 11.5 Å². The van der Waals surface area contributed by atoms with E-state index in [0.29, 0.717) is 31.9 Å². The first-order chi connectivity index (χ1) is 11.7. The number of hydrogen-bond acceptors (Lipinski definition) is 7. The molecule has 8 heteroatoms. The van der Waals surface area contributed by atoms with Crippen molar-refractivity contribution in [3.05, 3.63) is 42.4 Å². The average molecular weight is 327 g/mol. The highest BCUT2D eigenvalue weighted by molar-refractivity contribution is 5.48. The molecular weight excluding hydrogens is 309 g/mol. The summed E-state index contributed by atoms with van der Waals surface area (Å²) in [5, 5.41) is 9.15. The van der Waals surface area contributed by atoms with Crippen molar-refractivity contribution in [1.82, 2.24) is 24.8 Å². The Morgan fingerprint density at radius 3 is 2.83 bits per heavy atom. The van der Waals surface area contributed by atoms with Crippen molar-refractivity contribution in [2.45, 2.75) is 25.2 Å². The van der Waals surface area contributed by atoms with Crippen molar-refractivity contribution in [2.75, 3.05) is 25.0 Å². The molecule has 3 rings (SSSR count). The fourth-order valence-electron chi connectivity index (χ4n) is 3.04. The van der Waals surface area contributed by atoms with Gasteiger partial charge in [0.2, 0.25) is 0 Å². The van der Waals surface area contributed by atoms with Crippen molar-refractivity contribution < 1.29 is 4.39 Å². The summed E-state index contributed by atoms with van der Waals surface area (Å²) in [6, 6.07) is 2.07. The van der Waals surface area contributed by atoms with Gasteiger partial charge in [0, 0.05) is 63.1 Å². The predicted molar refractivity (Wildman–Crippen MR) is 85.8 cm³/mol. The number of alkyl halides is 1. The Hall–Kier alpha value is -2.66. The van der Waals surface area contributed by atoms with Crippen molar-refractivity contribution in [3.63, 3.8) is 0 Å². The fourth-order valence-corrected chi connectivity index (χ4v) is 3.04. The third-order valence-corrected chi connectivity index (χ3v) is 4.11. The molecule has 124 valence electrons. The first-order valence-electron chi connectivity index (χ1n) is 7.71. The molecule has 1 aliphatic rings. The van der Waals surface area contributed by atoms with Crippen LogP contribution in [0.5, 0.6) is 0 Å². The quantitative estimate of drug-likeness (QED) is 0.815. The molecule has 24 heavy (non-hydrogen) atoms. The van der Waals surface area contributed by atoms with E-state index in [4.69, 9.17) is 5.26 Å². The second kappa shape index (κ2) is 7.27. The molecule has 3 heterocycles. The molecule has 0 bridgehead atoms. The molecule has 2 aromatic rings. The number of aromatic nitrogens is 4. The SMILES string of the molecule is CN(C[C@@H]1C[C@H](F)CN1Cc1cncnc1)c1nccnc1C#N. The van der Waals surface area contributed by atoms with Crippen LogP contribution in [0, 0.1) is 11.3 Å². The van der Waals surface area contributed by atoms with Gasteiger partial charge in [-0.1, -0.05) is 0 Å². The van der Waals surface area contributed by atoms with Crippen LogP contribution in [0.25, 0.3) is 0 Å². The second-order valence-corrected chi connectivity index (χ2v) is 5.88. The number of nitrogens with zero attached hydrogens (tertiary/aromatic N) is 7. The number of halogens is 1.